The number of phosphoric acid groups is 1. The van der Waals surface area contributed by atoms with Crippen LogP contribution in [0.1, 0.15) is 104 Å². The van der Waals surface area contributed by atoms with Gasteiger partial charge in [-0.1, -0.05) is 105 Å². The smallest absolute Gasteiger partial charge is 0.387 e. The molecule has 0 saturated carbocycles. The van der Waals surface area contributed by atoms with Gasteiger partial charge < -0.3 is 21.1 Å². The number of nitrogens with two attached hydrogens (primary N) is 1. The highest BCUT2D eigenvalue weighted by atomic mass is 31.2. The molecule has 3 unspecified atom stereocenters. The van der Waals surface area contributed by atoms with Gasteiger partial charge in [-0.25, -0.2) is 4.57 Å². The van der Waals surface area contributed by atoms with Crippen LogP contribution >= 0.6 is 7.82 Å². The highest BCUT2D eigenvalue weighted by Crippen LogP contribution is 2.43. The van der Waals surface area contributed by atoms with Gasteiger partial charge in [0.05, 0.1) is 25.4 Å². The third-order valence-electron chi connectivity index (χ3n) is 6.53. The second-order valence-corrected chi connectivity index (χ2v) is 12.1. The monoisotopic (exact) mass is 648 g/mol. The van der Waals surface area contributed by atoms with Gasteiger partial charge in [-0.05, 0) is 77.6 Å². The largest absolute Gasteiger partial charge is 0.472 e. The Hall–Kier alpha value is -2.32. The molecule has 9 heteroatoms. The minimum Gasteiger partial charge on any atom is -0.387 e. The first kappa shape index (κ1) is 42.7. The second-order valence-electron chi connectivity index (χ2n) is 10.6. The van der Waals surface area contributed by atoms with Gasteiger partial charge in [0.25, 0.3) is 0 Å². The van der Waals surface area contributed by atoms with Crippen molar-refractivity contribution in [2.45, 2.75) is 116 Å². The van der Waals surface area contributed by atoms with E-state index in [9.17, 15) is 19.4 Å². The van der Waals surface area contributed by atoms with Crippen molar-refractivity contribution in [3.63, 3.8) is 0 Å². The van der Waals surface area contributed by atoms with Crippen molar-refractivity contribution in [2.24, 2.45) is 5.73 Å². The maximum Gasteiger partial charge on any atom is 0.472 e. The summed E-state index contributed by atoms with van der Waals surface area (Å²) in [5.74, 6) is -0.241. The van der Waals surface area contributed by atoms with Crippen molar-refractivity contribution in [1.29, 1.82) is 0 Å². The zero-order valence-electron chi connectivity index (χ0n) is 27.8. The molecule has 0 aromatic heterocycles. The molecular formula is C36H61N2O6P. The highest BCUT2D eigenvalue weighted by Gasteiger charge is 2.26. The lowest BCUT2D eigenvalue weighted by molar-refractivity contribution is -0.123. The number of aliphatic hydroxyl groups excluding tert-OH is 1. The zero-order valence-corrected chi connectivity index (χ0v) is 28.7. The average molecular weight is 649 g/mol. The summed E-state index contributed by atoms with van der Waals surface area (Å²) in [5, 5.41) is 13.5. The first-order chi connectivity index (χ1) is 21.9. The van der Waals surface area contributed by atoms with Crippen LogP contribution in [0.25, 0.3) is 0 Å². The van der Waals surface area contributed by atoms with Crippen LogP contribution in [0.2, 0.25) is 0 Å². The third-order valence-corrected chi connectivity index (χ3v) is 7.51. The quantitative estimate of drug-likeness (QED) is 0.0364. The number of phosphoric ester groups is 1. The predicted octanol–water partition coefficient (Wildman–Crippen LogP) is 8.32. The molecule has 0 spiro atoms. The van der Waals surface area contributed by atoms with Gasteiger partial charge in [0, 0.05) is 13.0 Å². The Bertz CT molecular complexity index is 971. The van der Waals surface area contributed by atoms with Crippen molar-refractivity contribution >= 4 is 13.7 Å². The summed E-state index contributed by atoms with van der Waals surface area (Å²) in [6.45, 7) is 3.68. The number of hydrogen-bond acceptors (Lipinski definition) is 6. The minimum absolute atomic E-state index is 0.0621. The minimum atomic E-state index is -4.35. The fourth-order valence-electron chi connectivity index (χ4n) is 4.04. The Morgan fingerprint density at radius 2 is 1.33 bits per heavy atom. The van der Waals surface area contributed by atoms with Crippen LogP contribution in [0.5, 0.6) is 0 Å². The van der Waals surface area contributed by atoms with Crippen molar-refractivity contribution in [1.82, 2.24) is 5.32 Å². The van der Waals surface area contributed by atoms with E-state index in [1.165, 1.54) is 0 Å². The van der Waals surface area contributed by atoms with Crippen LogP contribution in [0.3, 0.4) is 0 Å². The molecule has 45 heavy (non-hydrogen) atoms. The summed E-state index contributed by atoms with van der Waals surface area (Å²) in [6, 6.07) is -0.898. The number of hydrogen-bond donors (Lipinski definition) is 4. The second kappa shape index (κ2) is 31.7. The van der Waals surface area contributed by atoms with Gasteiger partial charge in [0.1, 0.15) is 0 Å². The summed E-state index contributed by atoms with van der Waals surface area (Å²) >= 11 is 0. The Morgan fingerprint density at radius 1 is 0.778 bits per heavy atom. The summed E-state index contributed by atoms with van der Waals surface area (Å²) < 4.78 is 21.9. The zero-order chi connectivity index (χ0) is 33.3. The molecule has 0 saturated heterocycles. The first-order valence-corrected chi connectivity index (χ1v) is 18.2. The first-order valence-electron chi connectivity index (χ1n) is 16.7. The van der Waals surface area contributed by atoms with Crippen LogP contribution < -0.4 is 11.1 Å². The van der Waals surface area contributed by atoms with Gasteiger partial charge in [-0.3, -0.25) is 13.8 Å². The maximum absolute atomic E-state index is 12.6. The fraction of sp³-hybridized carbons (Fsp3) is 0.583. The summed E-state index contributed by atoms with van der Waals surface area (Å²) in [6.07, 6.45) is 40.8. The molecule has 256 valence electrons. The van der Waals surface area contributed by atoms with E-state index in [0.717, 1.165) is 83.5 Å². The summed E-state index contributed by atoms with van der Waals surface area (Å²) in [7, 11) is -4.35. The molecule has 0 aromatic carbocycles. The lowest BCUT2D eigenvalue weighted by Gasteiger charge is -2.23. The highest BCUT2D eigenvalue weighted by molar-refractivity contribution is 7.47. The standard InChI is InChI=1S/C36H61N2O6P/c1-3-5-7-9-11-13-14-15-16-17-18-19-20-22-24-26-28-30-36(40)38-34(33-44-45(41,42)43-32-31-37)35(39)29-27-25-23-21-12-10-8-6-4-2/h4-7,11-13,15-16,18-19,21,27,29,34-35,39H,3,8-10,14,17,20,22-26,28,30-33,37H2,1-2H3,(H,38,40)(H,41,42)/b6-4+,7-5-,13-11-,16-15-,19-18-,21-12+,29-27+. The van der Waals surface area contributed by atoms with Gasteiger partial charge in [-0.15, -0.1) is 0 Å². The Morgan fingerprint density at radius 3 is 1.96 bits per heavy atom. The molecule has 0 radical (unpaired) electrons. The molecule has 0 aliphatic rings. The van der Waals surface area contributed by atoms with Gasteiger partial charge in [-0.2, -0.15) is 0 Å². The number of nitrogens with one attached hydrogen (secondary N) is 1. The van der Waals surface area contributed by atoms with E-state index in [0.29, 0.717) is 6.42 Å². The number of rotatable bonds is 29. The molecule has 3 atom stereocenters. The van der Waals surface area contributed by atoms with E-state index in [-0.39, 0.29) is 25.7 Å². The Balaban J connectivity index is 4.44. The lowest BCUT2D eigenvalue weighted by atomic mass is 10.1. The number of aliphatic hydroxyl groups is 1. The molecule has 0 aliphatic carbocycles. The van der Waals surface area contributed by atoms with E-state index in [1.54, 1.807) is 6.08 Å². The van der Waals surface area contributed by atoms with Crippen molar-refractivity contribution in [3.8, 4) is 0 Å². The number of unbranched alkanes of at least 4 members (excludes halogenated alkanes) is 6. The van der Waals surface area contributed by atoms with E-state index in [4.69, 9.17) is 14.8 Å². The lowest BCUT2D eigenvalue weighted by Crippen LogP contribution is -2.45. The van der Waals surface area contributed by atoms with Gasteiger partial charge >= 0.3 is 7.82 Å². The van der Waals surface area contributed by atoms with Crippen LogP contribution in [0, 0.1) is 0 Å². The molecule has 0 bridgehead atoms. The van der Waals surface area contributed by atoms with Gasteiger partial charge in [0.2, 0.25) is 5.91 Å². The van der Waals surface area contributed by atoms with Crippen LogP contribution in [0.4, 0.5) is 0 Å². The molecular weight excluding hydrogens is 587 g/mol. The van der Waals surface area contributed by atoms with E-state index < -0.39 is 20.0 Å². The van der Waals surface area contributed by atoms with Crippen molar-refractivity contribution in [3.05, 3.63) is 85.1 Å². The number of carbonyl (C=O) groups is 1. The number of carbonyl (C=O) groups excluding carboxylic acids is 1. The Labute approximate surface area is 273 Å². The number of allylic oxidation sites excluding steroid dienone is 13. The van der Waals surface area contributed by atoms with E-state index in [2.05, 4.69) is 79.1 Å². The van der Waals surface area contributed by atoms with Crippen molar-refractivity contribution in [2.75, 3.05) is 19.8 Å². The maximum atomic E-state index is 12.6. The number of amides is 1. The molecule has 0 heterocycles. The van der Waals surface area contributed by atoms with E-state index in [1.807, 2.05) is 19.1 Å². The normalized spacial score (nSPS) is 15.6. The molecule has 0 aliphatic heterocycles. The third kappa shape index (κ3) is 30.1. The fourth-order valence-corrected chi connectivity index (χ4v) is 4.80. The Kier molecular flexibility index (Phi) is 30.0. The molecule has 0 rings (SSSR count). The molecule has 0 aromatic rings. The van der Waals surface area contributed by atoms with Crippen molar-refractivity contribution < 1.29 is 28.4 Å². The SMILES string of the molecule is C/C=C/CC/C=C/CC/C=C/C(O)C(COP(=O)(O)OCCN)NC(=O)CCCCCC/C=C\C/C=C\C/C=C\C/C=C\CC. The van der Waals surface area contributed by atoms with Crippen LogP contribution in [0.15, 0.2) is 85.1 Å². The summed E-state index contributed by atoms with van der Waals surface area (Å²) in [5.41, 5.74) is 5.33. The predicted molar refractivity (Wildman–Crippen MR) is 189 cm³/mol. The van der Waals surface area contributed by atoms with Crippen LogP contribution in [-0.2, 0) is 18.4 Å². The van der Waals surface area contributed by atoms with E-state index >= 15 is 0 Å². The topological polar surface area (TPSA) is 131 Å². The molecule has 0 fully saturated rings. The molecule has 1 amide bonds. The molecule has 5 N–H and O–H groups in total. The summed E-state index contributed by atoms with van der Waals surface area (Å²) in [4.78, 5) is 22.5. The average Bonchev–Trinajstić information content (AvgIpc) is 3.02. The van der Waals surface area contributed by atoms with Gasteiger partial charge in [0.15, 0.2) is 0 Å². The van der Waals surface area contributed by atoms with Crippen LogP contribution in [-0.4, -0.2) is 47.8 Å². The molecule has 8 nitrogen and oxygen atoms in total.